The Labute approximate surface area is 145 Å². The van der Waals surface area contributed by atoms with E-state index in [0.717, 1.165) is 16.3 Å². The molecule has 0 aliphatic heterocycles. The number of rotatable bonds is 5. The minimum atomic E-state index is -1.27. The van der Waals surface area contributed by atoms with Crippen LogP contribution in [0.1, 0.15) is 17.4 Å². The molecule has 0 unspecified atom stereocenters. The fourth-order valence-electron chi connectivity index (χ4n) is 2.95. The van der Waals surface area contributed by atoms with Crippen molar-refractivity contribution in [3.8, 4) is 0 Å². The van der Waals surface area contributed by atoms with Gasteiger partial charge in [0.2, 0.25) is 5.69 Å². The number of benzene rings is 2. The van der Waals surface area contributed by atoms with Crippen molar-refractivity contribution in [3.05, 3.63) is 83.3 Å². The van der Waals surface area contributed by atoms with Gasteiger partial charge in [0.05, 0.1) is 13.0 Å². The summed E-state index contributed by atoms with van der Waals surface area (Å²) in [5, 5.41) is 24.7. The number of aliphatic hydroxyl groups excluding tert-OH is 1. The average molecular weight is 337 g/mol. The Bertz CT molecular complexity index is 879. The molecule has 3 rings (SSSR count). The number of pyridine rings is 1. The Morgan fingerprint density at radius 2 is 1.76 bits per heavy atom. The Morgan fingerprint density at radius 3 is 2.44 bits per heavy atom. The van der Waals surface area contributed by atoms with E-state index in [1.807, 2.05) is 54.6 Å². The van der Waals surface area contributed by atoms with Gasteiger partial charge in [-0.25, -0.2) is 0 Å². The number of carbonyl (C=O) groups is 1. The molecule has 0 radical (unpaired) electrons. The summed E-state index contributed by atoms with van der Waals surface area (Å²) >= 11 is 0. The number of fused-ring (bicyclic) bond motifs is 1. The summed E-state index contributed by atoms with van der Waals surface area (Å²) in [6.45, 7) is 0. The fraction of sp³-hybridized carbons (Fsp3) is 0.200. The smallest absolute Gasteiger partial charge is 0.312 e. The molecule has 5 heteroatoms. The van der Waals surface area contributed by atoms with E-state index < -0.39 is 18.0 Å². The summed E-state index contributed by atoms with van der Waals surface area (Å²) in [6.07, 6.45) is 0.418. The quantitative estimate of drug-likeness (QED) is 0.441. The maximum absolute atomic E-state index is 12.3. The first-order valence-electron chi connectivity index (χ1n) is 8.02. The fourth-order valence-corrected chi connectivity index (χ4v) is 2.95. The van der Waals surface area contributed by atoms with Crippen LogP contribution in [-0.2, 0) is 16.0 Å². The van der Waals surface area contributed by atoms with Crippen molar-refractivity contribution in [1.82, 2.24) is 0 Å². The van der Waals surface area contributed by atoms with Gasteiger partial charge in [0.1, 0.15) is 0 Å². The van der Waals surface area contributed by atoms with Gasteiger partial charge in [-0.05, 0) is 23.4 Å². The second kappa shape index (κ2) is 7.32. The number of carbonyl (C=O) groups excluding carboxylic acids is 1. The number of aromatic nitrogens is 1. The number of methoxy groups -OCH3 is 1. The Hall–Kier alpha value is -2.92. The van der Waals surface area contributed by atoms with Gasteiger partial charge in [-0.3, -0.25) is 4.79 Å². The minimum absolute atomic E-state index is 0.130. The van der Waals surface area contributed by atoms with E-state index >= 15 is 0 Å². The largest absolute Gasteiger partial charge is 0.618 e. The molecule has 1 N–H and O–H groups in total. The molecule has 5 nitrogen and oxygen atoms in total. The Morgan fingerprint density at radius 1 is 1.12 bits per heavy atom. The van der Waals surface area contributed by atoms with E-state index in [1.54, 1.807) is 6.07 Å². The van der Waals surface area contributed by atoms with E-state index in [1.165, 1.54) is 13.3 Å². The summed E-state index contributed by atoms with van der Waals surface area (Å²) in [6, 6.07) is 18.3. The Kier molecular flexibility index (Phi) is 4.95. The zero-order valence-electron chi connectivity index (χ0n) is 13.8. The van der Waals surface area contributed by atoms with Crippen LogP contribution in [0.5, 0.6) is 0 Å². The van der Waals surface area contributed by atoms with Gasteiger partial charge in [0.25, 0.3) is 0 Å². The molecule has 0 saturated carbocycles. The van der Waals surface area contributed by atoms with Gasteiger partial charge < -0.3 is 15.1 Å². The van der Waals surface area contributed by atoms with Crippen LogP contribution in [0.3, 0.4) is 0 Å². The molecule has 2 aromatic carbocycles. The molecule has 1 heterocycles. The summed E-state index contributed by atoms with van der Waals surface area (Å²) in [7, 11) is 1.28. The van der Waals surface area contributed by atoms with Crippen molar-refractivity contribution in [1.29, 1.82) is 0 Å². The van der Waals surface area contributed by atoms with Crippen molar-refractivity contribution in [2.45, 2.75) is 12.5 Å². The molecular weight excluding hydrogens is 318 g/mol. The van der Waals surface area contributed by atoms with Crippen LogP contribution < -0.4 is 4.73 Å². The molecule has 0 fully saturated rings. The molecule has 0 bridgehead atoms. The number of hydrogen-bond acceptors (Lipinski definition) is 4. The van der Waals surface area contributed by atoms with Crippen molar-refractivity contribution >= 4 is 16.7 Å². The van der Waals surface area contributed by atoms with E-state index in [9.17, 15) is 15.1 Å². The maximum atomic E-state index is 12.3. The molecule has 25 heavy (non-hydrogen) atoms. The third-order valence-corrected chi connectivity index (χ3v) is 4.30. The van der Waals surface area contributed by atoms with Gasteiger partial charge in [-0.15, -0.1) is 0 Å². The lowest BCUT2D eigenvalue weighted by atomic mass is 9.91. The SMILES string of the molecule is COC(=O)[C@H](Cc1ccccc1)[C@@H](O)c1cc2ccccc2c[n+]1[O-]. The first kappa shape index (κ1) is 16.9. The monoisotopic (exact) mass is 337 g/mol. The highest BCUT2D eigenvalue weighted by Gasteiger charge is 2.34. The van der Waals surface area contributed by atoms with Crippen molar-refractivity contribution < 1.29 is 19.4 Å². The van der Waals surface area contributed by atoms with E-state index in [-0.39, 0.29) is 12.1 Å². The number of esters is 1. The third kappa shape index (κ3) is 3.61. The zero-order chi connectivity index (χ0) is 17.8. The minimum Gasteiger partial charge on any atom is -0.618 e. The first-order chi connectivity index (χ1) is 12.1. The van der Waals surface area contributed by atoms with Crippen LogP contribution in [0.25, 0.3) is 10.8 Å². The molecule has 0 aliphatic rings. The molecule has 0 aliphatic carbocycles. The third-order valence-electron chi connectivity index (χ3n) is 4.30. The molecule has 0 amide bonds. The number of hydrogen-bond donors (Lipinski definition) is 1. The molecule has 0 spiro atoms. The van der Waals surface area contributed by atoms with Crippen LogP contribution in [0.4, 0.5) is 0 Å². The van der Waals surface area contributed by atoms with Gasteiger partial charge in [0.15, 0.2) is 12.3 Å². The molecule has 3 aromatic rings. The van der Waals surface area contributed by atoms with Gasteiger partial charge in [-0.1, -0.05) is 48.5 Å². The maximum Gasteiger partial charge on any atom is 0.312 e. The highest BCUT2D eigenvalue weighted by atomic mass is 16.5. The second-order valence-electron chi connectivity index (χ2n) is 5.92. The second-order valence-corrected chi connectivity index (χ2v) is 5.92. The predicted molar refractivity (Wildman–Crippen MR) is 93.5 cm³/mol. The van der Waals surface area contributed by atoms with E-state index in [4.69, 9.17) is 4.74 Å². The van der Waals surface area contributed by atoms with Crippen molar-refractivity contribution in [2.24, 2.45) is 5.92 Å². The summed E-state index contributed by atoms with van der Waals surface area (Å²) < 4.78 is 5.46. The molecule has 1 aromatic heterocycles. The van der Waals surface area contributed by atoms with Gasteiger partial charge in [0, 0.05) is 11.5 Å². The molecule has 0 saturated heterocycles. The van der Waals surface area contributed by atoms with Crippen LogP contribution in [0, 0.1) is 11.1 Å². The molecule has 2 atom stereocenters. The number of nitrogens with zero attached hydrogens (tertiary/aromatic N) is 1. The lowest BCUT2D eigenvalue weighted by Crippen LogP contribution is -2.37. The molecular formula is C20H19NO4. The van der Waals surface area contributed by atoms with Crippen LogP contribution in [-0.4, -0.2) is 18.2 Å². The topological polar surface area (TPSA) is 73.5 Å². The Balaban J connectivity index is 1.98. The zero-order valence-corrected chi connectivity index (χ0v) is 13.8. The summed E-state index contributed by atoms with van der Waals surface area (Å²) in [4.78, 5) is 12.2. The normalized spacial score (nSPS) is 13.4. The van der Waals surface area contributed by atoms with Gasteiger partial charge in [-0.2, -0.15) is 4.73 Å². The highest BCUT2D eigenvalue weighted by molar-refractivity contribution is 5.81. The lowest BCUT2D eigenvalue weighted by molar-refractivity contribution is -0.617. The highest BCUT2D eigenvalue weighted by Crippen LogP contribution is 2.26. The van der Waals surface area contributed by atoms with E-state index in [2.05, 4.69) is 0 Å². The number of ether oxygens (including phenoxy) is 1. The van der Waals surface area contributed by atoms with Crippen LogP contribution in [0.15, 0.2) is 66.9 Å². The van der Waals surface area contributed by atoms with Gasteiger partial charge >= 0.3 is 5.97 Å². The van der Waals surface area contributed by atoms with Crippen LogP contribution in [0.2, 0.25) is 0 Å². The van der Waals surface area contributed by atoms with Crippen LogP contribution >= 0.6 is 0 Å². The predicted octanol–water partition coefficient (Wildman–Crippen LogP) is 2.54. The summed E-state index contributed by atoms with van der Waals surface area (Å²) in [5.74, 6) is -1.42. The number of aliphatic hydroxyl groups is 1. The first-order valence-corrected chi connectivity index (χ1v) is 8.02. The standard InChI is InChI=1S/C20H19NO4/c1-25-20(23)17(11-14-7-3-2-4-8-14)19(22)18-12-15-9-5-6-10-16(15)13-21(18)24/h2-10,12-13,17,19,22H,11H2,1H3/t17-,19-/m1/s1. The summed E-state index contributed by atoms with van der Waals surface area (Å²) in [5.41, 5.74) is 1.01. The average Bonchev–Trinajstić information content (AvgIpc) is 2.65. The van der Waals surface area contributed by atoms with Crippen molar-refractivity contribution in [3.63, 3.8) is 0 Å². The lowest BCUT2D eigenvalue weighted by Gasteiger charge is -2.20. The van der Waals surface area contributed by atoms with E-state index in [0.29, 0.717) is 4.73 Å². The van der Waals surface area contributed by atoms with Crippen molar-refractivity contribution in [2.75, 3.05) is 7.11 Å². The molecule has 128 valence electrons.